The zero-order chi connectivity index (χ0) is 13.9. The molecule has 1 heterocycles. The lowest BCUT2D eigenvalue weighted by molar-refractivity contribution is -0.182. The van der Waals surface area contributed by atoms with E-state index in [0.29, 0.717) is 18.0 Å². The summed E-state index contributed by atoms with van der Waals surface area (Å²) in [6.45, 7) is 2.08. The summed E-state index contributed by atoms with van der Waals surface area (Å²) in [5.41, 5.74) is -1.03. The number of rotatable bonds is 5. The molecule has 2 rings (SSSR count). The lowest BCUT2D eigenvalue weighted by Crippen LogP contribution is -2.57. The van der Waals surface area contributed by atoms with Gasteiger partial charge in [-0.2, -0.15) is 0 Å². The Morgan fingerprint density at radius 2 is 2.11 bits per heavy atom. The van der Waals surface area contributed by atoms with Crippen LogP contribution in [0.4, 0.5) is 5.69 Å². The molecule has 0 unspecified atom stereocenters. The van der Waals surface area contributed by atoms with Gasteiger partial charge in [-0.25, -0.2) is 0 Å². The highest BCUT2D eigenvalue weighted by molar-refractivity contribution is 6.09. The van der Waals surface area contributed by atoms with Gasteiger partial charge in [0, 0.05) is 0 Å². The standard InChI is InChI=1S/C13H15NO5/c1-2-19-10-6-4-3-5-9(10)14-11(15)13(12(16)17)7-18-8-13/h3-6H,2,7-8H2,1H3,(H,14,15)(H,16,17). The first-order chi connectivity index (χ1) is 9.10. The zero-order valence-electron chi connectivity index (χ0n) is 10.5. The third-order valence-corrected chi connectivity index (χ3v) is 2.98. The van der Waals surface area contributed by atoms with Crippen LogP contribution in [0.15, 0.2) is 24.3 Å². The summed E-state index contributed by atoms with van der Waals surface area (Å²) < 4.78 is 10.2. The number of nitrogens with one attached hydrogen (secondary N) is 1. The van der Waals surface area contributed by atoms with Gasteiger partial charge in [0.05, 0.1) is 25.5 Å². The molecule has 1 aliphatic heterocycles. The Hall–Kier alpha value is -2.08. The Kier molecular flexibility index (Phi) is 3.71. The van der Waals surface area contributed by atoms with Crippen molar-refractivity contribution in [1.29, 1.82) is 0 Å². The maximum atomic E-state index is 12.1. The molecule has 1 aromatic rings. The Balaban J connectivity index is 2.17. The van der Waals surface area contributed by atoms with Crippen LogP contribution < -0.4 is 10.1 Å². The van der Waals surface area contributed by atoms with Crippen molar-refractivity contribution in [1.82, 2.24) is 0 Å². The molecule has 1 amide bonds. The molecule has 0 radical (unpaired) electrons. The van der Waals surface area contributed by atoms with Crippen molar-refractivity contribution in [2.45, 2.75) is 6.92 Å². The fourth-order valence-electron chi connectivity index (χ4n) is 1.75. The van der Waals surface area contributed by atoms with Gasteiger partial charge in [0.1, 0.15) is 5.75 Å². The van der Waals surface area contributed by atoms with Crippen LogP contribution in [0, 0.1) is 5.41 Å². The summed E-state index contributed by atoms with van der Waals surface area (Å²) in [6, 6.07) is 6.89. The van der Waals surface area contributed by atoms with Crippen molar-refractivity contribution in [3.8, 4) is 5.75 Å². The zero-order valence-corrected chi connectivity index (χ0v) is 10.5. The van der Waals surface area contributed by atoms with Crippen LogP contribution in [0.2, 0.25) is 0 Å². The molecule has 6 nitrogen and oxygen atoms in total. The van der Waals surface area contributed by atoms with Gasteiger partial charge >= 0.3 is 5.97 Å². The maximum Gasteiger partial charge on any atom is 0.324 e. The van der Waals surface area contributed by atoms with E-state index < -0.39 is 17.3 Å². The molecular weight excluding hydrogens is 250 g/mol. The Morgan fingerprint density at radius 1 is 1.42 bits per heavy atom. The number of amides is 1. The molecule has 6 heteroatoms. The van der Waals surface area contributed by atoms with Gasteiger partial charge in [-0.15, -0.1) is 0 Å². The maximum absolute atomic E-state index is 12.1. The Morgan fingerprint density at radius 3 is 2.63 bits per heavy atom. The molecule has 19 heavy (non-hydrogen) atoms. The Labute approximate surface area is 110 Å². The van der Waals surface area contributed by atoms with Crippen LogP contribution in [0.1, 0.15) is 6.92 Å². The van der Waals surface area contributed by atoms with Crippen molar-refractivity contribution < 1.29 is 24.2 Å². The average molecular weight is 265 g/mol. The van der Waals surface area contributed by atoms with Crippen molar-refractivity contribution in [3.05, 3.63) is 24.3 Å². The Bertz CT molecular complexity index is 496. The van der Waals surface area contributed by atoms with E-state index in [1.54, 1.807) is 24.3 Å². The summed E-state index contributed by atoms with van der Waals surface area (Å²) in [7, 11) is 0. The monoisotopic (exact) mass is 265 g/mol. The van der Waals surface area contributed by atoms with Gasteiger partial charge in [0.15, 0.2) is 5.41 Å². The van der Waals surface area contributed by atoms with E-state index in [-0.39, 0.29) is 13.2 Å². The summed E-state index contributed by atoms with van der Waals surface area (Å²) in [4.78, 5) is 23.3. The molecule has 0 atom stereocenters. The summed E-state index contributed by atoms with van der Waals surface area (Å²) in [5, 5.41) is 11.7. The fourth-order valence-corrected chi connectivity index (χ4v) is 1.75. The first-order valence-electron chi connectivity index (χ1n) is 5.94. The molecule has 1 aromatic carbocycles. The molecule has 0 aliphatic carbocycles. The first-order valence-corrected chi connectivity index (χ1v) is 5.94. The fraction of sp³-hybridized carbons (Fsp3) is 0.385. The van der Waals surface area contributed by atoms with Gasteiger partial charge in [-0.3, -0.25) is 9.59 Å². The van der Waals surface area contributed by atoms with Gasteiger partial charge in [-0.05, 0) is 19.1 Å². The normalized spacial score (nSPS) is 16.3. The molecule has 0 saturated carbocycles. The van der Waals surface area contributed by atoms with Crippen LogP contribution in [-0.4, -0.2) is 36.8 Å². The topological polar surface area (TPSA) is 84.9 Å². The van der Waals surface area contributed by atoms with Crippen LogP contribution >= 0.6 is 0 Å². The highest BCUT2D eigenvalue weighted by Gasteiger charge is 2.53. The summed E-state index contributed by atoms with van der Waals surface area (Å²) >= 11 is 0. The molecule has 102 valence electrons. The number of benzene rings is 1. The minimum atomic E-state index is -1.49. The number of carbonyl (C=O) groups is 2. The van der Waals surface area contributed by atoms with Crippen molar-refractivity contribution >= 4 is 17.6 Å². The van der Waals surface area contributed by atoms with Gasteiger partial charge < -0.3 is 19.9 Å². The number of para-hydroxylation sites is 2. The predicted molar refractivity (Wildman–Crippen MR) is 67.1 cm³/mol. The van der Waals surface area contributed by atoms with Crippen LogP contribution in [0.25, 0.3) is 0 Å². The SMILES string of the molecule is CCOc1ccccc1NC(=O)C1(C(=O)O)COC1. The number of hydrogen-bond donors (Lipinski definition) is 2. The molecule has 2 N–H and O–H groups in total. The van der Waals surface area contributed by atoms with E-state index in [1.165, 1.54) is 0 Å². The van der Waals surface area contributed by atoms with Gasteiger partial charge in [0.2, 0.25) is 5.91 Å². The van der Waals surface area contributed by atoms with Crippen LogP contribution in [0.5, 0.6) is 5.75 Å². The summed E-state index contributed by atoms with van der Waals surface area (Å²) in [6.07, 6.45) is 0. The molecule has 1 fully saturated rings. The minimum Gasteiger partial charge on any atom is -0.492 e. The highest BCUT2D eigenvalue weighted by Crippen LogP contribution is 2.31. The quantitative estimate of drug-likeness (QED) is 0.779. The molecular formula is C13H15NO5. The van der Waals surface area contributed by atoms with E-state index in [4.69, 9.17) is 14.6 Å². The third-order valence-electron chi connectivity index (χ3n) is 2.98. The molecule has 0 bridgehead atoms. The molecule has 1 saturated heterocycles. The molecule has 0 spiro atoms. The van der Waals surface area contributed by atoms with Crippen molar-refractivity contribution in [2.24, 2.45) is 5.41 Å². The van der Waals surface area contributed by atoms with Crippen molar-refractivity contribution in [3.63, 3.8) is 0 Å². The number of ether oxygens (including phenoxy) is 2. The number of carboxylic acids is 1. The number of anilines is 1. The molecule has 1 aliphatic rings. The second kappa shape index (κ2) is 5.27. The summed E-state index contributed by atoms with van der Waals surface area (Å²) in [5.74, 6) is -1.25. The van der Waals surface area contributed by atoms with Crippen LogP contribution in [-0.2, 0) is 14.3 Å². The van der Waals surface area contributed by atoms with Gasteiger partial charge in [-0.1, -0.05) is 12.1 Å². The van der Waals surface area contributed by atoms with E-state index in [9.17, 15) is 9.59 Å². The highest BCUT2D eigenvalue weighted by atomic mass is 16.5. The lowest BCUT2D eigenvalue weighted by atomic mass is 9.85. The van der Waals surface area contributed by atoms with Crippen molar-refractivity contribution in [2.75, 3.05) is 25.1 Å². The smallest absolute Gasteiger partial charge is 0.324 e. The number of hydrogen-bond acceptors (Lipinski definition) is 4. The predicted octanol–water partition coefficient (Wildman–Crippen LogP) is 1.12. The number of carboxylic acid groups (broad SMARTS) is 1. The molecule has 0 aromatic heterocycles. The van der Waals surface area contributed by atoms with E-state index in [2.05, 4.69) is 5.32 Å². The lowest BCUT2D eigenvalue weighted by Gasteiger charge is -2.35. The van der Waals surface area contributed by atoms with Crippen LogP contribution in [0.3, 0.4) is 0 Å². The number of aliphatic carboxylic acids is 1. The van der Waals surface area contributed by atoms with E-state index in [1.807, 2.05) is 6.92 Å². The van der Waals surface area contributed by atoms with Gasteiger partial charge in [0.25, 0.3) is 0 Å². The second-order valence-corrected chi connectivity index (χ2v) is 4.26. The minimum absolute atomic E-state index is 0.106. The first kappa shape index (κ1) is 13.4. The average Bonchev–Trinajstić information content (AvgIpc) is 2.30. The van der Waals surface area contributed by atoms with E-state index >= 15 is 0 Å². The van der Waals surface area contributed by atoms with E-state index in [0.717, 1.165) is 0 Å². The third kappa shape index (κ3) is 2.39. The number of carbonyl (C=O) groups excluding carboxylic acids is 1. The second-order valence-electron chi connectivity index (χ2n) is 4.26. The largest absolute Gasteiger partial charge is 0.492 e.